The van der Waals surface area contributed by atoms with E-state index in [-0.39, 0.29) is 11.7 Å². The maximum atomic E-state index is 11.5. The van der Waals surface area contributed by atoms with Crippen LogP contribution in [-0.2, 0) is 9.59 Å². The van der Waals surface area contributed by atoms with Crippen LogP contribution >= 0.6 is 0 Å². The van der Waals surface area contributed by atoms with Crippen molar-refractivity contribution in [3.63, 3.8) is 0 Å². The lowest BCUT2D eigenvalue weighted by atomic mass is 10.2. The largest absolute Gasteiger partial charge is 0.334 e. The Morgan fingerprint density at radius 1 is 1.13 bits per heavy atom. The molecule has 0 aromatic heterocycles. The molecule has 2 heterocycles. The molecule has 84 valence electrons. The minimum Gasteiger partial charge on any atom is -0.334 e. The highest BCUT2D eigenvalue weighted by Gasteiger charge is 2.32. The number of amides is 1. The van der Waals surface area contributed by atoms with Gasteiger partial charge in [-0.15, -0.1) is 0 Å². The summed E-state index contributed by atoms with van der Waals surface area (Å²) >= 11 is 0. The molecular weight excluding hydrogens is 192 g/mol. The van der Waals surface area contributed by atoms with Crippen molar-refractivity contribution < 1.29 is 9.59 Å². The van der Waals surface area contributed by atoms with Gasteiger partial charge in [-0.05, 0) is 32.4 Å². The fourth-order valence-electron chi connectivity index (χ4n) is 2.55. The van der Waals surface area contributed by atoms with E-state index in [0.717, 1.165) is 32.6 Å². The van der Waals surface area contributed by atoms with Gasteiger partial charge in [0, 0.05) is 26.1 Å². The lowest BCUT2D eigenvalue weighted by Crippen LogP contribution is -2.38. The van der Waals surface area contributed by atoms with Crippen LogP contribution in [0.3, 0.4) is 0 Å². The third-order valence-electron chi connectivity index (χ3n) is 3.41. The number of rotatable bonds is 2. The van der Waals surface area contributed by atoms with Crippen LogP contribution in [0.5, 0.6) is 0 Å². The maximum absolute atomic E-state index is 11.5. The van der Waals surface area contributed by atoms with Crippen molar-refractivity contribution in [3.8, 4) is 0 Å². The molecule has 2 aliphatic heterocycles. The van der Waals surface area contributed by atoms with E-state index in [1.807, 2.05) is 0 Å². The van der Waals surface area contributed by atoms with Gasteiger partial charge in [0.05, 0.1) is 0 Å². The zero-order valence-corrected chi connectivity index (χ0v) is 9.24. The van der Waals surface area contributed by atoms with Crippen molar-refractivity contribution in [2.24, 2.45) is 0 Å². The summed E-state index contributed by atoms with van der Waals surface area (Å²) in [5, 5.41) is 0. The maximum Gasteiger partial charge on any atom is 0.289 e. The molecule has 1 unspecified atom stereocenters. The Kier molecular flexibility index (Phi) is 3.05. The smallest absolute Gasteiger partial charge is 0.289 e. The molecule has 0 radical (unpaired) electrons. The summed E-state index contributed by atoms with van der Waals surface area (Å²) < 4.78 is 0. The number of nitrogens with zero attached hydrogens (tertiary/aromatic N) is 2. The van der Waals surface area contributed by atoms with Gasteiger partial charge in [-0.2, -0.15) is 0 Å². The standard InChI is InChI=1S/C11H18N2O2/c1-9(14)11(15)13-7-4-10(8-13)12-5-2-3-6-12/h10H,2-8H2,1H3. The van der Waals surface area contributed by atoms with Crippen molar-refractivity contribution in [2.45, 2.75) is 32.2 Å². The molecular formula is C11H18N2O2. The number of likely N-dealkylation sites (tertiary alicyclic amines) is 2. The van der Waals surface area contributed by atoms with E-state index in [1.54, 1.807) is 4.90 Å². The Labute approximate surface area is 90.2 Å². The van der Waals surface area contributed by atoms with Crippen LogP contribution in [0.4, 0.5) is 0 Å². The van der Waals surface area contributed by atoms with E-state index < -0.39 is 0 Å². The van der Waals surface area contributed by atoms with Gasteiger partial charge in [-0.1, -0.05) is 0 Å². The van der Waals surface area contributed by atoms with Gasteiger partial charge in [-0.3, -0.25) is 14.5 Å². The average Bonchev–Trinajstić information content (AvgIpc) is 2.86. The Balaban J connectivity index is 1.88. The van der Waals surface area contributed by atoms with Crippen LogP contribution in [0.15, 0.2) is 0 Å². The Hall–Kier alpha value is -0.900. The molecule has 15 heavy (non-hydrogen) atoms. The quantitative estimate of drug-likeness (QED) is 0.614. The van der Waals surface area contributed by atoms with E-state index in [9.17, 15) is 9.59 Å². The lowest BCUT2D eigenvalue weighted by Gasteiger charge is -2.23. The number of Topliss-reactive ketones (excluding diaryl/α,β-unsaturated/α-hetero) is 1. The number of hydrogen-bond donors (Lipinski definition) is 0. The van der Waals surface area contributed by atoms with Gasteiger partial charge >= 0.3 is 0 Å². The van der Waals surface area contributed by atoms with Gasteiger partial charge in [0.1, 0.15) is 0 Å². The molecule has 0 saturated carbocycles. The van der Waals surface area contributed by atoms with Gasteiger partial charge in [-0.25, -0.2) is 0 Å². The third-order valence-corrected chi connectivity index (χ3v) is 3.41. The molecule has 0 spiro atoms. The Morgan fingerprint density at radius 3 is 2.40 bits per heavy atom. The molecule has 0 aromatic carbocycles. The fraction of sp³-hybridized carbons (Fsp3) is 0.818. The van der Waals surface area contributed by atoms with Crippen molar-refractivity contribution in [1.29, 1.82) is 0 Å². The summed E-state index contributed by atoms with van der Waals surface area (Å²) in [4.78, 5) is 26.6. The second-order valence-corrected chi connectivity index (χ2v) is 4.49. The van der Waals surface area contributed by atoms with Gasteiger partial charge in [0.2, 0.25) is 5.78 Å². The van der Waals surface area contributed by atoms with Crippen LogP contribution < -0.4 is 0 Å². The highest BCUT2D eigenvalue weighted by molar-refractivity contribution is 6.35. The van der Waals surface area contributed by atoms with Gasteiger partial charge < -0.3 is 4.90 Å². The van der Waals surface area contributed by atoms with E-state index in [4.69, 9.17) is 0 Å². The average molecular weight is 210 g/mol. The summed E-state index contributed by atoms with van der Waals surface area (Å²) in [6.07, 6.45) is 3.58. The molecule has 0 aromatic rings. The molecule has 1 atom stereocenters. The van der Waals surface area contributed by atoms with Crippen molar-refractivity contribution >= 4 is 11.7 Å². The minimum absolute atomic E-state index is 0.309. The molecule has 4 heteroatoms. The molecule has 0 bridgehead atoms. The second kappa shape index (κ2) is 4.31. The van der Waals surface area contributed by atoms with Crippen LogP contribution in [0.25, 0.3) is 0 Å². The molecule has 2 aliphatic rings. The Bertz CT molecular complexity index is 272. The predicted molar refractivity (Wildman–Crippen MR) is 56.5 cm³/mol. The van der Waals surface area contributed by atoms with Crippen molar-refractivity contribution in [2.75, 3.05) is 26.2 Å². The zero-order valence-electron chi connectivity index (χ0n) is 9.24. The SMILES string of the molecule is CC(=O)C(=O)N1CCC(N2CCCC2)C1. The first-order valence-corrected chi connectivity index (χ1v) is 5.72. The van der Waals surface area contributed by atoms with Crippen LogP contribution in [0.1, 0.15) is 26.2 Å². The second-order valence-electron chi connectivity index (χ2n) is 4.49. The molecule has 1 amide bonds. The third kappa shape index (κ3) is 2.20. The first-order valence-electron chi connectivity index (χ1n) is 5.72. The molecule has 2 fully saturated rings. The first-order chi connectivity index (χ1) is 7.18. The first kappa shape index (κ1) is 10.6. The molecule has 2 saturated heterocycles. The predicted octanol–water partition coefficient (Wildman–Crippen LogP) is 0.272. The zero-order chi connectivity index (χ0) is 10.8. The highest BCUT2D eigenvalue weighted by Crippen LogP contribution is 2.20. The molecule has 2 rings (SSSR count). The van der Waals surface area contributed by atoms with E-state index in [1.165, 1.54) is 19.8 Å². The molecule has 4 nitrogen and oxygen atoms in total. The summed E-state index contributed by atoms with van der Waals surface area (Å²) in [5.41, 5.74) is 0. The fourth-order valence-corrected chi connectivity index (χ4v) is 2.55. The summed E-state index contributed by atoms with van der Waals surface area (Å²) in [6, 6.07) is 0.496. The number of ketones is 1. The van der Waals surface area contributed by atoms with E-state index >= 15 is 0 Å². The van der Waals surface area contributed by atoms with Gasteiger partial charge in [0.25, 0.3) is 5.91 Å². The van der Waals surface area contributed by atoms with Gasteiger partial charge in [0.15, 0.2) is 0 Å². The Morgan fingerprint density at radius 2 is 1.80 bits per heavy atom. The summed E-state index contributed by atoms with van der Waals surface area (Å²) in [6.45, 7) is 5.17. The number of hydrogen-bond acceptors (Lipinski definition) is 3. The lowest BCUT2D eigenvalue weighted by molar-refractivity contribution is -0.142. The number of carbonyl (C=O) groups is 2. The number of carbonyl (C=O) groups excluding carboxylic acids is 2. The van der Waals surface area contributed by atoms with Crippen molar-refractivity contribution in [3.05, 3.63) is 0 Å². The summed E-state index contributed by atoms with van der Waals surface area (Å²) in [5.74, 6) is -0.645. The normalized spacial score (nSPS) is 27.3. The van der Waals surface area contributed by atoms with E-state index in [0.29, 0.717) is 6.04 Å². The van der Waals surface area contributed by atoms with Crippen molar-refractivity contribution in [1.82, 2.24) is 9.80 Å². The van der Waals surface area contributed by atoms with Crippen LogP contribution in [0.2, 0.25) is 0 Å². The van der Waals surface area contributed by atoms with E-state index in [2.05, 4.69) is 4.90 Å². The van der Waals surface area contributed by atoms with Crippen LogP contribution in [-0.4, -0.2) is 53.7 Å². The molecule has 0 N–H and O–H groups in total. The molecule has 0 aliphatic carbocycles. The topological polar surface area (TPSA) is 40.6 Å². The summed E-state index contributed by atoms with van der Waals surface area (Å²) in [7, 11) is 0. The highest BCUT2D eigenvalue weighted by atomic mass is 16.2. The monoisotopic (exact) mass is 210 g/mol. The minimum atomic E-state index is -0.336. The van der Waals surface area contributed by atoms with Crippen LogP contribution in [0, 0.1) is 0 Å².